The first-order valence-corrected chi connectivity index (χ1v) is 13.1. The second kappa shape index (κ2) is 12.2. The van der Waals surface area contributed by atoms with E-state index in [1.165, 1.54) is 19.1 Å². The molecule has 0 bridgehead atoms. The highest BCUT2D eigenvalue weighted by atomic mass is 32.2. The highest BCUT2D eigenvalue weighted by molar-refractivity contribution is 7.92. The number of aryl methyl sites for hydroxylation is 1. The van der Waals surface area contributed by atoms with Gasteiger partial charge >= 0.3 is 0 Å². The number of ether oxygens (including phenoxy) is 1. The second-order valence-corrected chi connectivity index (χ2v) is 10.1. The van der Waals surface area contributed by atoms with Gasteiger partial charge in [0.05, 0.1) is 22.9 Å². The van der Waals surface area contributed by atoms with Gasteiger partial charge in [-0.3, -0.25) is 13.9 Å². The molecule has 0 atom stereocenters. The van der Waals surface area contributed by atoms with E-state index in [2.05, 4.69) is 15.8 Å². The van der Waals surface area contributed by atoms with Gasteiger partial charge in [-0.25, -0.2) is 13.8 Å². The quantitative estimate of drug-likeness (QED) is 0.307. The maximum atomic E-state index is 13.5. The summed E-state index contributed by atoms with van der Waals surface area (Å²) in [7, 11) is -4.07. The van der Waals surface area contributed by atoms with Crippen LogP contribution >= 0.6 is 0 Å². The maximum Gasteiger partial charge on any atom is 0.264 e. The van der Waals surface area contributed by atoms with E-state index in [1.807, 2.05) is 13.8 Å². The van der Waals surface area contributed by atoms with Crippen LogP contribution in [0.3, 0.4) is 0 Å². The number of nitrogens with one attached hydrogen (secondary N) is 2. The van der Waals surface area contributed by atoms with Gasteiger partial charge in [0.15, 0.2) is 0 Å². The molecule has 9 nitrogen and oxygen atoms in total. The standard InChI is InChI=1S/C27H30N4O5S/c1-5-36-25-13-15-26(16-14-25)37(34,35)31(24-11-9-19(2)10-12-24)18-27(33)30-29-20(3)22-7-6-8-23(17-22)28-21(4)32/h6-17H,5,18H2,1-4H3,(H,28,32)(H,30,33)/b29-20-. The fourth-order valence-corrected chi connectivity index (χ4v) is 4.85. The predicted octanol–water partition coefficient (Wildman–Crippen LogP) is 4.09. The minimum Gasteiger partial charge on any atom is -0.494 e. The van der Waals surface area contributed by atoms with Crippen molar-refractivity contribution >= 4 is 38.9 Å². The van der Waals surface area contributed by atoms with Gasteiger partial charge in [0.2, 0.25) is 5.91 Å². The Morgan fingerprint density at radius 3 is 2.27 bits per heavy atom. The first-order chi connectivity index (χ1) is 17.6. The number of carbonyl (C=O) groups is 2. The minimum atomic E-state index is -4.07. The topological polar surface area (TPSA) is 117 Å². The molecule has 0 heterocycles. The third-order valence-corrected chi connectivity index (χ3v) is 7.07. The average molecular weight is 523 g/mol. The predicted molar refractivity (Wildman–Crippen MR) is 144 cm³/mol. The van der Waals surface area contributed by atoms with Crippen LogP contribution in [0.1, 0.15) is 31.9 Å². The molecule has 10 heteroatoms. The van der Waals surface area contributed by atoms with E-state index < -0.39 is 22.5 Å². The molecule has 0 spiro atoms. The fourth-order valence-electron chi connectivity index (χ4n) is 3.43. The van der Waals surface area contributed by atoms with Crippen LogP contribution in [0, 0.1) is 6.92 Å². The lowest BCUT2D eigenvalue weighted by Gasteiger charge is -2.24. The second-order valence-electron chi connectivity index (χ2n) is 8.25. The maximum absolute atomic E-state index is 13.5. The molecule has 3 aromatic carbocycles. The van der Waals surface area contributed by atoms with Crippen LogP contribution in [0.2, 0.25) is 0 Å². The number of hydrogen-bond donors (Lipinski definition) is 2. The molecule has 0 aliphatic heterocycles. The number of carbonyl (C=O) groups excluding carboxylic acids is 2. The van der Waals surface area contributed by atoms with Gasteiger partial charge in [0, 0.05) is 12.6 Å². The highest BCUT2D eigenvalue weighted by Crippen LogP contribution is 2.25. The first-order valence-electron chi connectivity index (χ1n) is 11.6. The number of sulfonamides is 1. The molecule has 3 aromatic rings. The van der Waals surface area contributed by atoms with Crippen molar-refractivity contribution in [3.05, 3.63) is 83.9 Å². The highest BCUT2D eigenvalue weighted by Gasteiger charge is 2.27. The Labute approximate surface area is 217 Å². The summed E-state index contributed by atoms with van der Waals surface area (Å²) in [5.74, 6) is -0.272. The first kappa shape index (κ1) is 27.4. The summed E-state index contributed by atoms with van der Waals surface area (Å²) in [6, 6.07) is 19.9. The molecule has 0 radical (unpaired) electrons. The van der Waals surface area contributed by atoms with Crippen molar-refractivity contribution < 1.29 is 22.7 Å². The van der Waals surface area contributed by atoms with Gasteiger partial charge in [0.25, 0.3) is 15.9 Å². The minimum absolute atomic E-state index is 0.0267. The number of hydrogen-bond acceptors (Lipinski definition) is 6. The van der Waals surface area contributed by atoms with E-state index in [-0.39, 0.29) is 10.8 Å². The van der Waals surface area contributed by atoms with Gasteiger partial charge < -0.3 is 10.1 Å². The van der Waals surface area contributed by atoms with Crippen LogP contribution in [-0.2, 0) is 19.6 Å². The van der Waals surface area contributed by atoms with Crippen molar-refractivity contribution in [2.45, 2.75) is 32.6 Å². The monoisotopic (exact) mass is 522 g/mol. The summed E-state index contributed by atoms with van der Waals surface area (Å²) in [6.07, 6.45) is 0. The Bertz CT molecular complexity index is 1390. The molecule has 0 unspecified atom stereocenters. The Morgan fingerprint density at radius 2 is 1.65 bits per heavy atom. The van der Waals surface area contributed by atoms with Gasteiger partial charge in [-0.1, -0.05) is 29.8 Å². The van der Waals surface area contributed by atoms with Crippen LogP contribution in [0.4, 0.5) is 11.4 Å². The Kier molecular flexibility index (Phi) is 9.02. The largest absolute Gasteiger partial charge is 0.494 e. The molecule has 0 aromatic heterocycles. The summed E-state index contributed by atoms with van der Waals surface area (Å²) in [5.41, 5.74) is 5.50. The van der Waals surface area contributed by atoms with Crippen LogP contribution in [0.15, 0.2) is 82.8 Å². The number of anilines is 2. The molecule has 37 heavy (non-hydrogen) atoms. The molecule has 194 valence electrons. The van der Waals surface area contributed by atoms with Crippen molar-refractivity contribution in [2.24, 2.45) is 5.10 Å². The number of amides is 2. The lowest BCUT2D eigenvalue weighted by atomic mass is 10.1. The zero-order chi connectivity index (χ0) is 27.0. The SMILES string of the molecule is CCOc1ccc(S(=O)(=O)N(CC(=O)N/N=C(/C)c2cccc(NC(C)=O)c2)c2ccc(C)cc2)cc1. The van der Waals surface area contributed by atoms with Crippen LogP contribution in [0.25, 0.3) is 0 Å². The Morgan fingerprint density at radius 1 is 0.973 bits per heavy atom. The van der Waals surface area contributed by atoms with E-state index in [4.69, 9.17) is 4.74 Å². The zero-order valence-corrected chi connectivity index (χ0v) is 22.0. The number of nitrogens with zero attached hydrogens (tertiary/aromatic N) is 2. The van der Waals surface area contributed by atoms with E-state index in [0.717, 1.165) is 9.87 Å². The Hall–Kier alpha value is -4.18. The molecular formula is C27H30N4O5S. The number of hydrazone groups is 1. The van der Waals surface area contributed by atoms with E-state index in [9.17, 15) is 18.0 Å². The third-order valence-electron chi connectivity index (χ3n) is 5.28. The lowest BCUT2D eigenvalue weighted by molar-refractivity contribution is -0.119. The molecule has 0 saturated carbocycles. The molecule has 0 aliphatic carbocycles. The average Bonchev–Trinajstić information content (AvgIpc) is 2.86. The van der Waals surface area contributed by atoms with Crippen LogP contribution in [0.5, 0.6) is 5.75 Å². The van der Waals surface area contributed by atoms with Gasteiger partial charge in [-0.15, -0.1) is 0 Å². The van der Waals surface area contributed by atoms with Crippen molar-refractivity contribution in [2.75, 3.05) is 22.8 Å². The fraction of sp³-hybridized carbons (Fsp3) is 0.222. The summed E-state index contributed by atoms with van der Waals surface area (Å²) in [5, 5.41) is 6.82. The van der Waals surface area contributed by atoms with Gasteiger partial charge in [0.1, 0.15) is 12.3 Å². The van der Waals surface area contributed by atoms with Crippen molar-refractivity contribution in [3.63, 3.8) is 0 Å². The summed E-state index contributed by atoms with van der Waals surface area (Å²) >= 11 is 0. The molecule has 2 N–H and O–H groups in total. The van der Waals surface area contributed by atoms with Gasteiger partial charge in [-0.2, -0.15) is 5.10 Å². The van der Waals surface area contributed by atoms with Crippen molar-refractivity contribution in [1.82, 2.24) is 5.43 Å². The number of rotatable bonds is 10. The lowest BCUT2D eigenvalue weighted by Crippen LogP contribution is -2.39. The van der Waals surface area contributed by atoms with Crippen molar-refractivity contribution in [1.29, 1.82) is 0 Å². The molecule has 0 aliphatic rings. The van der Waals surface area contributed by atoms with E-state index >= 15 is 0 Å². The molecular weight excluding hydrogens is 492 g/mol. The summed E-state index contributed by atoms with van der Waals surface area (Å²) in [6.45, 7) is 6.81. The smallest absolute Gasteiger partial charge is 0.264 e. The van der Waals surface area contributed by atoms with Crippen molar-refractivity contribution in [3.8, 4) is 5.75 Å². The molecule has 0 fully saturated rings. The molecule has 0 saturated heterocycles. The number of benzene rings is 3. The zero-order valence-electron chi connectivity index (χ0n) is 21.2. The van der Waals surface area contributed by atoms with E-state index in [0.29, 0.717) is 35.0 Å². The summed E-state index contributed by atoms with van der Waals surface area (Å²) < 4.78 is 33.5. The van der Waals surface area contributed by atoms with Crippen LogP contribution in [-0.4, -0.2) is 39.1 Å². The molecule has 2 amide bonds. The normalized spacial score (nSPS) is 11.5. The van der Waals surface area contributed by atoms with Crippen LogP contribution < -0.4 is 19.8 Å². The third kappa shape index (κ3) is 7.40. The van der Waals surface area contributed by atoms with Gasteiger partial charge in [-0.05, 0) is 74.9 Å². The Balaban J connectivity index is 1.84. The molecule has 3 rings (SSSR count). The summed E-state index contributed by atoms with van der Waals surface area (Å²) in [4.78, 5) is 24.2. The van der Waals surface area contributed by atoms with E-state index in [1.54, 1.807) is 67.6 Å².